The van der Waals surface area contributed by atoms with E-state index in [2.05, 4.69) is 0 Å². The van der Waals surface area contributed by atoms with E-state index in [1.807, 2.05) is 24.3 Å². The van der Waals surface area contributed by atoms with Gasteiger partial charge in [0.15, 0.2) is 0 Å². The molecule has 0 amide bonds. The zero-order chi connectivity index (χ0) is 18.6. The normalized spacial score (nSPS) is 11.5. The van der Waals surface area contributed by atoms with Gasteiger partial charge < -0.3 is 13.7 Å². The molecule has 0 heterocycles. The largest absolute Gasteiger partial charge is 0.496 e. The molecule has 0 saturated heterocycles. The lowest BCUT2D eigenvalue weighted by Crippen LogP contribution is -2.10. The van der Waals surface area contributed by atoms with Crippen LogP contribution in [0.1, 0.15) is 5.56 Å². The summed E-state index contributed by atoms with van der Waals surface area (Å²) < 4.78 is 41.3. The number of fused-ring (bicyclic) bond motifs is 1. The second-order valence-corrected chi connectivity index (χ2v) is 7.25. The molecule has 3 rings (SSSR count). The Morgan fingerprint density at radius 1 is 0.846 bits per heavy atom. The predicted molar refractivity (Wildman–Crippen MR) is 100 cm³/mol. The number of benzene rings is 3. The SMILES string of the molecule is COCCc1ccc(OS(=O)(=O)c2ccc(OC)c3ccccc23)cc1. The maximum absolute atomic E-state index is 12.8. The lowest BCUT2D eigenvalue weighted by molar-refractivity contribution is 0.202. The van der Waals surface area contributed by atoms with Crippen LogP contribution in [0.4, 0.5) is 0 Å². The van der Waals surface area contributed by atoms with E-state index in [0.29, 0.717) is 17.7 Å². The van der Waals surface area contributed by atoms with Crippen LogP contribution in [0.3, 0.4) is 0 Å². The van der Waals surface area contributed by atoms with Gasteiger partial charge in [0.25, 0.3) is 0 Å². The van der Waals surface area contributed by atoms with Crippen LogP contribution < -0.4 is 8.92 Å². The van der Waals surface area contributed by atoms with Crippen molar-refractivity contribution in [3.8, 4) is 11.5 Å². The van der Waals surface area contributed by atoms with Crippen LogP contribution in [0.5, 0.6) is 11.5 Å². The summed E-state index contributed by atoms with van der Waals surface area (Å²) in [7, 11) is -0.780. The zero-order valence-corrected chi connectivity index (χ0v) is 15.5. The molecule has 0 unspecified atom stereocenters. The molecule has 3 aromatic rings. The summed E-state index contributed by atoms with van der Waals surface area (Å²) in [5, 5.41) is 1.28. The Kier molecular flexibility index (Phi) is 5.44. The van der Waals surface area contributed by atoms with Crippen LogP contribution in [0.25, 0.3) is 10.8 Å². The van der Waals surface area contributed by atoms with Gasteiger partial charge in [0.1, 0.15) is 16.4 Å². The Hall–Kier alpha value is -2.57. The first kappa shape index (κ1) is 18.2. The van der Waals surface area contributed by atoms with Crippen LogP contribution in [0.2, 0.25) is 0 Å². The standard InChI is InChI=1S/C20H20O5S/c1-23-14-13-15-7-9-16(10-8-15)25-26(21,22)20-12-11-19(24-2)17-5-3-4-6-18(17)20/h3-12H,13-14H2,1-2H3. The van der Waals surface area contributed by atoms with Crippen molar-refractivity contribution in [2.24, 2.45) is 0 Å². The van der Waals surface area contributed by atoms with Crippen LogP contribution >= 0.6 is 0 Å². The molecule has 0 radical (unpaired) electrons. The molecule has 0 aliphatic heterocycles. The van der Waals surface area contributed by atoms with Crippen molar-refractivity contribution in [2.75, 3.05) is 20.8 Å². The van der Waals surface area contributed by atoms with Crippen molar-refractivity contribution in [3.63, 3.8) is 0 Å². The summed E-state index contributed by atoms with van der Waals surface area (Å²) in [5.74, 6) is 0.883. The Morgan fingerprint density at radius 2 is 1.54 bits per heavy atom. The van der Waals surface area contributed by atoms with E-state index < -0.39 is 10.1 Å². The molecule has 5 nitrogen and oxygen atoms in total. The molecular formula is C20H20O5S. The van der Waals surface area contributed by atoms with E-state index >= 15 is 0 Å². The van der Waals surface area contributed by atoms with E-state index in [0.717, 1.165) is 17.4 Å². The van der Waals surface area contributed by atoms with Gasteiger partial charge in [-0.05, 0) is 36.2 Å². The molecule has 0 bridgehead atoms. The van der Waals surface area contributed by atoms with Gasteiger partial charge in [-0.1, -0.05) is 36.4 Å². The Labute approximate surface area is 153 Å². The Balaban J connectivity index is 1.92. The van der Waals surface area contributed by atoms with Crippen molar-refractivity contribution in [3.05, 3.63) is 66.2 Å². The first-order valence-corrected chi connectivity index (χ1v) is 9.54. The highest BCUT2D eigenvalue weighted by atomic mass is 32.2. The molecule has 0 aliphatic rings. The van der Waals surface area contributed by atoms with Gasteiger partial charge in [0, 0.05) is 17.9 Å². The van der Waals surface area contributed by atoms with Crippen molar-refractivity contribution in [1.29, 1.82) is 0 Å². The number of rotatable bonds is 7. The maximum Gasteiger partial charge on any atom is 0.339 e. The fourth-order valence-corrected chi connectivity index (χ4v) is 3.88. The van der Waals surface area contributed by atoms with Gasteiger partial charge in [-0.3, -0.25) is 0 Å². The Morgan fingerprint density at radius 3 is 2.19 bits per heavy atom. The van der Waals surface area contributed by atoms with Crippen molar-refractivity contribution >= 4 is 20.9 Å². The number of hydrogen-bond acceptors (Lipinski definition) is 5. The number of ether oxygens (including phenoxy) is 2. The minimum atomic E-state index is -3.97. The van der Waals surface area contributed by atoms with Crippen LogP contribution in [-0.2, 0) is 21.3 Å². The second-order valence-electron chi connectivity index (χ2n) is 5.74. The van der Waals surface area contributed by atoms with Gasteiger partial charge in [0.05, 0.1) is 13.7 Å². The monoisotopic (exact) mass is 372 g/mol. The van der Waals surface area contributed by atoms with Gasteiger partial charge in [0.2, 0.25) is 0 Å². The van der Waals surface area contributed by atoms with E-state index in [1.54, 1.807) is 44.6 Å². The summed E-state index contributed by atoms with van der Waals surface area (Å²) in [6.45, 7) is 0.607. The third-order valence-electron chi connectivity index (χ3n) is 4.06. The highest BCUT2D eigenvalue weighted by Gasteiger charge is 2.21. The van der Waals surface area contributed by atoms with E-state index in [-0.39, 0.29) is 10.6 Å². The predicted octanol–water partition coefficient (Wildman–Crippen LogP) is 3.81. The summed E-state index contributed by atoms with van der Waals surface area (Å²) in [5.41, 5.74) is 1.05. The van der Waals surface area contributed by atoms with Crippen LogP contribution in [-0.4, -0.2) is 29.2 Å². The van der Waals surface area contributed by atoms with E-state index in [1.165, 1.54) is 6.07 Å². The fraction of sp³-hybridized carbons (Fsp3) is 0.200. The van der Waals surface area contributed by atoms with Crippen LogP contribution in [0, 0.1) is 0 Å². The molecule has 26 heavy (non-hydrogen) atoms. The number of methoxy groups -OCH3 is 2. The summed E-state index contributed by atoms with van der Waals surface area (Å²) in [6, 6.07) is 17.3. The quantitative estimate of drug-likeness (QED) is 0.590. The lowest BCUT2D eigenvalue weighted by Gasteiger charge is -2.12. The number of hydrogen-bond donors (Lipinski definition) is 0. The highest BCUT2D eigenvalue weighted by Crippen LogP contribution is 2.32. The van der Waals surface area contributed by atoms with Gasteiger partial charge in [-0.25, -0.2) is 0 Å². The summed E-state index contributed by atoms with van der Waals surface area (Å²) in [6.07, 6.45) is 0.757. The molecule has 136 valence electrons. The Bertz CT molecular complexity index is 994. The summed E-state index contributed by atoms with van der Waals surface area (Å²) in [4.78, 5) is 0.109. The van der Waals surface area contributed by atoms with Gasteiger partial charge >= 0.3 is 10.1 Å². The van der Waals surface area contributed by atoms with E-state index in [9.17, 15) is 8.42 Å². The molecule has 6 heteroatoms. The molecule has 0 saturated carbocycles. The molecule has 3 aromatic carbocycles. The molecule has 0 spiro atoms. The third-order valence-corrected chi connectivity index (χ3v) is 5.36. The maximum atomic E-state index is 12.8. The average molecular weight is 372 g/mol. The minimum absolute atomic E-state index is 0.109. The van der Waals surface area contributed by atoms with Crippen molar-refractivity contribution < 1.29 is 22.1 Å². The highest BCUT2D eigenvalue weighted by molar-refractivity contribution is 7.87. The van der Waals surface area contributed by atoms with Gasteiger partial charge in [-0.15, -0.1) is 0 Å². The van der Waals surface area contributed by atoms with Crippen LogP contribution in [0.15, 0.2) is 65.6 Å². The smallest absolute Gasteiger partial charge is 0.339 e. The molecule has 0 fully saturated rings. The van der Waals surface area contributed by atoms with E-state index in [4.69, 9.17) is 13.7 Å². The fourth-order valence-electron chi connectivity index (χ4n) is 2.74. The summed E-state index contributed by atoms with van der Waals surface area (Å²) >= 11 is 0. The topological polar surface area (TPSA) is 61.8 Å². The lowest BCUT2D eigenvalue weighted by atomic mass is 10.1. The molecule has 0 N–H and O–H groups in total. The minimum Gasteiger partial charge on any atom is -0.496 e. The molecule has 0 aromatic heterocycles. The molecule has 0 aliphatic carbocycles. The average Bonchev–Trinajstić information content (AvgIpc) is 2.66. The van der Waals surface area contributed by atoms with Gasteiger partial charge in [-0.2, -0.15) is 8.42 Å². The third kappa shape index (κ3) is 3.81. The first-order chi connectivity index (χ1) is 12.5. The molecule has 0 atom stereocenters. The first-order valence-electron chi connectivity index (χ1n) is 8.13. The van der Waals surface area contributed by atoms with Crippen molar-refractivity contribution in [1.82, 2.24) is 0 Å². The van der Waals surface area contributed by atoms with Crippen molar-refractivity contribution in [2.45, 2.75) is 11.3 Å². The molecular weight excluding hydrogens is 352 g/mol. The second kappa shape index (κ2) is 7.76. The zero-order valence-electron chi connectivity index (χ0n) is 14.6.